The van der Waals surface area contributed by atoms with Crippen LogP contribution in [0.2, 0.25) is 0 Å². The molecular weight excluding hydrogens is 369 g/mol. The fraction of sp³-hybridized carbons (Fsp3) is 0.688. The Morgan fingerprint density at radius 2 is 2.07 bits per heavy atom. The molecule has 0 saturated carbocycles. The van der Waals surface area contributed by atoms with Crippen LogP contribution in [0.3, 0.4) is 0 Å². The number of anilines is 1. The van der Waals surface area contributed by atoms with E-state index in [9.17, 15) is 27.9 Å². The molecule has 1 aliphatic rings. The lowest BCUT2D eigenvalue weighted by Crippen LogP contribution is -2.46. The first-order valence-corrected chi connectivity index (χ1v) is 8.58. The second kappa shape index (κ2) is 8.26. The number of aliphatic hydroxyl groups is 1. The largest absolute Gasteiger partial charge is 0.462 e. The Morgan fingerprint density at radius 1 is 1.37 bits per heavy atom. The molecule has 152 valence electrons. The number of alkyl halides is 3. The number of nitrogens with one attached hydrogen (secondary N) is 1. The molecule has 1 aromatic rings. The van der Waals surface area contributed by atoms with Crippen molar-refractivity contribution < 1.29 is 32.6 Å². The number of hydrogen-bond donors (Lipinski definition) is 2. The van der Waals surface area contributed by atoms with Gasteiger partial charge >= 0.3 is 12.1 Å². The van der Waals surface area contributed by atoms with E-state index in [4.69, 9.17) is 4.74 Å². The molecule has 1 amide bonds. The maximum absolute atomic E-state index is 13.0. The zero-order valence-corrected chi connectivity index (χ0v) is 15.2. The summed E-state index contributed by atoms with van der Waals surface area (Å²) in [6.45, 7) is 1.83. The van der Waals surface area contributed by atoms with Gasteiger partial charge in [-0.05, 0) is 32.7 Å². The highest BCUT2D eigenvalue weighted by Crippen LogP contribution is 2.38. The van der Waals surface area contributed by atoms with Gasteiger partial charge in [-0.3, -0.25) is 14.4 Å². The number of amides is 1. The number of halogens is 3. The topological polar surface area (TPSA) is 96.7 Å². The normalized spacial score (nSPS) is 21.6. The average molecular weight is 392 g/mol. The zero-order valence-electron chi connectivity index (χ0n) is 15.2. The number of ether oxygens (including phenoxy) is 1. The van der Waals surface area contributed by atoms with Crippen LogP contribution >= 0.6 is 0 Å². The molecule has 0 bridgehead atoms. The van der Waals surface area contributed by atoms with Crippen LogP contribution in [0.25, 0.3) is 0 Å². The number of carbonyl (C=O) groups is 2. The Morgan fingerprint density at radius 3 is 2.70 bits per heavy atom. The van der Waals surface area contributed by atoms with E-state index in [2.05, 4.69) is 10.4 Å². The quantitative estimate of drug-likeness (QED) is 0.734. The Labute approximate surface area is 154 Å². The van der Waals surface area contributed by atoms with Crippen molar-refractivity contribution in [3.63, 3.8) is 0 Å². The molecule has 2 heterocycles. The Bertz CT molecular complexity index is 692. The predicted octanol–water partition coefficient (Wildman–Crippen LogP) is 1.31. The molecule has 0 aromatic carbocycles. The summed E-state index contributed by atoms with van der Waals surface area (Å²) in [4.78, 5) is 25.7. The minimum atomic E-state index is -4.70. The summed E-state index contributed by atoms with van der Waals surface area (Å²) >= 11 is 0. The van der Waals surface area contributed by atoms with Crippen LogP contribution in [0.5, 0.6) is 0 Å². The zero-order chi connectivity index (χ0) is 20.2. The highest BCUT2D eigenvalue weighted by atomic mass is 19.4. The first-order chi connectivity index (χ1) is 12.6. The van der Waals surface area contributed by atoms with E-state index in [1.807, 2.05) is 0 Å². The van der Waals surface area contributed by atoms with Crippen LogP contribution < -0.4 is 5.32 Å². The van der Waals surface area contributed by atoms with Crippen molar-refractivity contribution in [2.45, 2.75) is 38.0 Å². The average Bonchev–Trinajstić information content (AvgIpc) is 2.80. The van der Waals surface area contributed by atoms with Gasteiger partial charge in [0, 0.05) is 13.6 Å². The lowest BCUT2D eigenvalue weighted by atomic mass is 9.94. The second-order valence-electron chi connectivity index (χ2n) is 6.46. The molecule has 0 aliphatic carbocycles. The van der Waals surface area contributed by atoms with Gasteiger partial charge in [-0.1, -0.05) is 0 Å². The lowest BCUT2D eigenvalue weighted by molar-refractivity contribution is -0.263. The van der Waals surface area contributed by atoms with Crippen LogP contribution in [0.4, 0.5) is 19.0 Å². The van der Waals surface area contributed by atoms with Gasteiger partial charge in [0.1, 0.15) is 11.4 Å². The van der Waals surface area contributed by atoms with Gasteiger partial charge in [-0.2, -0.15) is 18.3 Å². The molecule has 1 saturated heterocycles. The number of esters is 1. The van der Waals surface area contributed by atoms with Gasteiger partial charge in [0.05, 0.1) is 19.3 Å². The summed E-state index contributed by atoms with van der Waals surface area (Å²) in [6.07, 6.45) is -4.21. The second-order valence-corrected chi connectivity index (χ2v) is 6.46. The number of aryl methyl sites for hydroxylation is 1. The number of rotatable bonds is 5. The Hall–Kier alpha value is -2.14. The van der Waals surface area contributed by atoms with Gasteiger partial charge < -0.3 is 15.2 Å². The standard InChI is InChI=1S/C16H23F3N4O4/c1-3-27-14(25)11-9-20-22(2)13(11)21-12(24)10-23-7-4-5-15(26,6-8-23)16(17,18)19/h9,26H,3-8,10H2,1-2H3,(H,21,24). The van der Waals surface area contributed by atoms with Crippen molar-refractivity contribution in [1.82, 2.24) is 14.7 Å². The molecule has 2 N–H and O–H groups in total. The van der Waals surface area contributed by atoms with Crippen LogP contribution in [-0.2, 0) is 16.6 Å². The van der Waals surface area contributed by atoms with Crippen LogP contribution in [0, 0.1) is 0 Å². The minimum Gasteiger partial charge on any atom is -0.462 e. The van der Waals surface area contributed by atoms with Crippen molar-refractivity contribution >= 4 is 17.7 Å². The van der Waals surface area contributed by atoms with Gasteiger partial charge in [-0.15, -0.1) is 0 Å². The molecule has 1 unspecified atom stereocenters. The van der Waals surface area contributed by atoms with Gasteiger partial charge in [0.25, 0.3) is 0 Å². The Balaban J connectivity index is 1.99. The van der Waals surface area contributed by atoms with E-state index in [0.29, 0.717) is 0 Å². The Kier molecular flexibility index (Phi) is 6.47. The summed E-state index contributed by atoms with van der Waals surface area (Å²) in [5, 5.41) is 16.3. The summed E-state index contributed by atoms with van der Waals surface area (Å²) in [7, 11) is 1.54. The minimum absolute atomic E-state index is 0.0699. The van der Waals surface area contributed by atoms with Crippen LogP contribution in [0.15, 0.2) is 6.20 Å². The van der Waals surface area contributed by atoms with Crippen LogP contribution in [-0.4, -0.2) is 69.7 Å². The summed E-state index contributed by atoms with van der Waals surface area (Å²) in [6, 6.07) is 0. The first kappa shape index (κ1) is 21.2. The van der Waals surface area contributed by atoms with E-state index in [-0.39, 0.29) is 44.0 Å². The van der Waals surface area contributed by atoms with E-state index in [1.165, 1.54) is 17.9 Å². The SMILES string of the molecule is CCOC(=O)c1cnn(C)c1NC(=O)CN1CCCC(O)(C(F)(F)F)CC1. The van der Waals surface area contributed by atoms with E-state index in [0.717, 1.165) is 0 Å². The van der Waals surface area contributed by atoms with Crippen molar-refractivity contribution in [2.24, 2.45) is 7.05 Å². The van der Waals surface area contributed by atoms with Gasteiger partial charge in [0.15, 0.2) is 5.60 Å². The third-order valence-corrected chi connectivity index (χ3v) is 4.49. The van der Waals surface area contributed by atoms with Crippen molar-refractivity contribution in [2.75, 3.05) is 31.6 Å². The third-order valence-electron chi connectivity index (χ3n) is 4.49. The number of likely N-dealkylation sites (tertiary alicyclic amines) is 1. The predicted molar refractivity (Wildman–Crippen MR) is 89.1 cm³/mol. The fourth-order valence-electron chi connectivity index (χ4n) is 2.94. The lowest BCUT2D eigenvalue weighted by Gasteiger charge is -2.29. The van der Waals surface area contributed by atoms with E-state index in [1.54, 1.807) is 11.8 Å². The third kappa shape index (κ3) is 4.98. The number of hydrogen-bond acceptors (Lipinski definition) is 6. The molecule has 0 radical (unpaired) electrons. The smallest absolute Gasteiger partial charge is 0.417 e. The molecular formula is C16H23F3N4O4. The molecule has 2 rings (SSSR count). The summed E-state index contributed by atoms with van der Waals surface area (Å²) in [5.74, 6) is -0.979. The highest BCUT2D eigenvalue weighted by Gasteiger charge is 2.53. The number of aromatic nitrogens is 2. The molecule has 1 aromatic heterocycles. The molecule has 11 heteroatoms. The van der Waals surface area contributed by atoms with Crippen molar-refractivity contribution in [3.05, 3.63) is 11.8 Å². The van der Waals surface area contributed by atoms with Gasteiger partial charge in [0.2, 0.25) is 5.91 Å². The maximum Gasteiger partial charge on any atom is 0.417 e. The summed E-state index contributed by atoms with van der Waals surface area (Å²) in [5.41, 5.74) is -2.63. The fourth-order valence-corrected chi connectivity index (χ4v) is 2.94. The van der Waals surface area contributed by atoms with Crippen molar-refractivity contribution in [1.29, 1.82) is 0 Å². The maximum atomic E-state index is 13.0. The number of nitrogens with zero attached hydrogens (tertiary/aromatic N) is 3. The molecule has 1 fully saturated rings. The first-order valence-electron chi connectivity index (χ1n) is 8.58. The molecule has 1 atom stereocenters. The summed E-state index contributed by atoms with van der Waals surface area (Å²) < 4.78 is 45.1. The van der Waals surface area contributed by atoms with Crippen LogP contribution in [0.1, 0.15) is 36.5 Å². The molecule has 1 aliphatic heterocycles. The monoisotopic (exact) mass is 392 g/mol. The van der Waals surface area contributed by atoms with E-state index < -0.39 is 36.5 Å². The van der Waals surface area contributed by atoms with Gasteiger partial charge in [-0.25, -0.2) is 4.79 Å². The molecule has 27 heavy (non-hydrogen) atoms. The van der Waals surface area contributed by atoms with E-state index >= 15 is 0 Å². The number of carbonyl (C=O) groups excluding carboxylic acids is 2. The van der Waals surface area contributed by atoms with Crippen molar-refractivity contribution in [3.8, 4) is 0 Å². The molecule has 8 nitrogen and oxygen atoms in total. The molecule has 0 spiro atoms. The highest BCUT2D eigenvalue weighted by molar-refractivity contribution is 6.00.